The number of oxazole rings is 1. The summed E-state index contributed by atoms with van der Waals surface area (Å²) in [4.78, 5) is 28.6. The van der Waals surface area contributed by atoms with Crippen molar-refractivity contribution in [1.82, 2.24) is 10.3 Å². The van der Waals surface area contributed by atoms with Crippen molar-refractivity contribution < 1.29 is 19.1 Å². The number of nitrogens with one attached hydrogen (secondary N) is 1. The zero-order chi connectivity index (χ0) is 20.1. The van der Waals surface area contributed by atoms with E-state index in [1.807, 2.05) is 50.2 Å². The second-order valence-electron chi connectivity index (χ2n) is 6.79. The Balaban J connectivity index is 1.92. The van der Waals surface area contributed by atoms with Crippen LogP contribution in [-0.4, -0.2) is 22.0 Å². The Hall–Kier alpha value is -3.41. The molecule has 1 amide bonds. The van der Waals surface area contributed by atoms with E-state index in [-0.39, 0.29) is 18.0 Å². The average molecular weight is 378 g/mol. The van der Waals surface area contributed by atoms with E-state index in [0.29, 0.717) is 11.7 Å². The summed E-state index contributed by atoms with van der Waals surface area (Å²) >= 11 is 0. The first-order chi connectivity index (χ1) is 13.5. The Morgan fingerprint density at radius 2 is 1.64 bits per heavy atom. The van der Waals surface area contributed by atoms with Gasteiger partial charge >= 0.3 is 5.97 Å². The molecule has 0 saturated carbocycles. The fourth-order valence-electron chi connectivity index (χ4n) is 2.93. The van der Waals surface area contributed by atoms with Crippen molar-refractivity contribution in [2.24, 2.45) is 0 Å². The SMILES string of the molecule is CC(C)c1oc(-c2ccccc2)nc1C(=O)NC(CC(=O)O)c1ccccc1. The molecule has 6 nitrogen and oxygen atoms in total. The van der Waals surface area contributed by atoms with Gasteiger partial charge in [-0.3, -0.25) is 9.59 Å². The van der Waals surface area contributed by atoms with Crippen LogP contribution in [0.4, 0.5) is 0 Å². The van der Waals surface area contributed by atoms with Crippen LogP contribution in [0, 0.1) is 0 Å². The fraction of sp³-hybridized carbons (Fsp3) is 0.227. The molecule has 0 saturated heterocycles. The van der Waals surface area contributed by atoms with E-state index in [4.69, 9.17) is 4.42 Å². The van der Waals surface area contributed by atoms with Crippen molar-refractivity contribution in [1.29, 1.82) is 0 Å². The third-order valence-electron chi connectivity index (χ3n) is 4.30. The second-order valence-corrected chi connectivity index (χ2v) is 6.79. The van der Waals surface area contributed by atoms with Gasteiger partial charge in [-0.15, -0.1) is 0 Å². The van der Waals surface area contributed by atoms with Gasteiger partial charge in [0.25, 0.3) is 5.91 Å². The molecule has 28 heavy (non-hydrogen) atoms. The van der Waals surface area contributed by atoms with Gasteiger partial charge in [0.1, 0.15) is 5.76 Å². The number of carboxylic acids is 1. The zero-order valence-corrected chi connectivity index (χ0v) is 15.8. The summed E-state index contributed by atoms with van der Waals surface area (Å²) in [6.07, 6.45) is -0.226. The molecule has 1 unspecified atom stereocenters. The molecule has 0 aliphatic heterocycles. The maximum absolute atomic E-state index is 13.0. The number of aliphatic carboxylic acids is 1. The molecule has 144 valence electrons. The van der Waals surface area contributed by atoms with Crippen LogP contribution in [0.1, 0.15) is 54.0 Å². The molecular weight excluding hydrogens is 356 g/mol. The number of hydrogen-bond acceptors (Lipinski definition) is 4. The Kier molecular flexibility index (Phi) is 5.89. The number of benzene rings is 2. The van der Waals surface area contributed by atoms with E-state index in [1.54, 1.807) is 24.3 Å². The summed E-state index contributed by atoms with van der Waals surface area (Å²) in [6, 6.07) is 17.7. The van der Waals surface area contributed by atoms with Gasteiger partial charge in [0.05, 0.1) is 12.5 Å². The van der Waals surface area contributed by atoms with Crippen LogP contribution in [-0.2, 0) is 4.79 Å². The summed E-state index contributed by atoms with van der Waals surface area (Å²) in [5.41, 5.74) is 1.67. The molecule has 2 N–H and O–H groups in total. The molecule has 2 aromatic carbocycles. The van der Waals surface area contributed by atoms with E-state index >= 15 is 0 Å². The maximum Gasteiger partial charge on any atom is 0.305 e. The largest absolute Gasteiger partial charge is 0.481 e. The van der Waals surface area contributed by atoms with Crippen molar-refractivity contribution in [2.45, 2.75) is 32.2 Å². The van der Waals surface area contributed by atoms with Crippen molar-refractivity contribution in [3.05, 3.63) is 77.7 Å². The molecule has 3 aromatic rings. The average Bonchev–Trinajstić information content (AvgIpc) is 3.14. The third kappa shape index (κ3) is 4.46. The monoisotopic (exact) mass is 378 g/mol. The number of aromatic nitrogens is 1. The number of nitrogens with zero attached hydrogens (tertiary/aromatic N) is 1. The van der Waals surface area contributed by atoms with Crippen LogP contribution in [0.15, 0.2) is 65.1 Å². The van der Waals surface area contributed by atoms with Crippen LogP contribution in [0.25, 0.3) is 11.5 Å². The van der Waals surface area contributed by atoms with Crippen molar-refractivity contribution in [3.8, 4) is 11.5 Å². The molecule has 0 radical (unpaired) electrons. The Labute approximate surface area is 163 Å². The Morgan fingerprint density at radius 1 is 1.04 bits per heavy atom. The van der Waals surface area contributed by atoms with Gasteiger partial charge in [-0.2, -0.15) is 0 Å². The summed E-state index contributed by atoms with van der Waals surface area (Å²) < 4.78 is 5.86. The highest BCUT2D eigenvalue weighted by Gasteiger charge is 2.26. The van der Waals surface area contributed by atoms with E-state index in [9.17, 15) is 14.7 Å². The minimum atomic E-state index is -0.997. The highest BCUT2D eigenvalue weighted by atomic mass is 16.4. The Bertz CT molecular complexity index is 949. The molecule has 0 bridgehead atoms. The lowest BCUT2D eigenvalue weighted by atomic mass is 10.0. The lowest BCUT2D eigenvalue weighted by molar-refractivity contribution is -0.137. The smallest absolute Gasteiger partial charge is 0.305 e. The highest BCUT2D eigenvalue weighted by Crippen LogP contribution is 2.28. The quantitative estimate of drug-likeness (QED) is 0.635. The summed E-state index contributed by atoms with van der Waals surface area (Å²) in [5, 5.41) is 12.0. The van der Waals surface area contributed by atoms with Crippen LogP contribution in [0.3, 0.4) is 0 Å². The predicted octanol–water partition coefficient (Wildman–Crippen LogP) is 4.41. The van der Waals surface area contributed by atoms with E-state index in [0.717, 1.165) is 11.1 Å². The first kappa shape index (κ1) is 19.4. The fourth-order valence-corrected chi connectivity index (χ4v) is 2.93. The van der Waals surface area contributed by atoms with Crippen molar-refractivity contribution in [2.75, 3.05) is 0 Å². The first-order valence-electron chi connectivity index (χ1n) is 9.09. The number of rotatable bonds is 7. The number of carbonyl (C=O) groups is 2. The number of carboxylic acid groups (broad SMARTS) is 1. The van der Waals surface area contributed by atoms with Crippen LogP contribution in [0.2, 0.25) is 0 Å². The normalized spacial score (nSPS) is 12.0. The maximum atomic E-state index is 13.0. The first-order valence-corrected chi connectivity index (χ1v) is 9.09. The zero-order valence-electron chi connectivity index (χ0n) is 15.8. The standard InChI is InChI=1S/C22H22N2O4/c1-14(2)20-19(24-22(28-20)16-11-7-4-8-12-16)21(27)23-17(13-18(25)26)15-9-5-3-6-10-15/h3-12,14,17H,13H2,1-2H3,(H,23,27)(H,25,26). The molecule has 3 rings (SSSR count). The highest BCUT2D eigenvalue weighted by molar-refractivity contribution is 5.94. The number of hydrogen-bond donors (Lipinski definition) is 2. The molecule has 0 aliphatic carbocycles. The van der Waals surface area contributed by atoms with E-state index in [2.05, 4.69) is 10.3 Å². The molecule has 0 spiro atoms. The second kappa shape index (κ2) is 8.52. The molecule has 1 aromatic heterocycles. The minimum absolute atomic E-state index is 0.0552. The van der Waals surface area contributed by atoms with Gasteiger partial charge in [-0.1, -0.05) is 62.4 Å². The summed E-state index contributed by atoms with van der Waals surface area (Å²) in [7, 11) is 0. The lowest BCUT2D eigenvalue weighted by Gasteiger charge is -2.17. The van der Waals surface area contributed by atoms with E-state index in [1.165, 1.54) is 0 Å². The minimum Gasteiger partial charge on any atom is -0.481 e. The lowest BCUT2D eigenvalue weighted by Crippen LogP contribution is -2.31. The van der Waals surface area contributed by atoms with Gasteiger partial charge in [0, 0.05) is 11.5 Å². The van der Waals surface area contributed by atoms with Crippen LogP contribution < -0.4 is 5.32 Å². The molecule has 0 fully saturated rings. The number of amides is 1. The molecular formula is C22H22N2O4. The summed E-state index contributed by atoms with van der Waals surface area (Å²) in [5.74, 6) is -0.670. The van der Waals surface area contributed by atoms with Crippen LogP contribution >= 0.6 is 0 Å². The van der Waals surface area contributed by atoms with Gasteiger partial charge in [-0.05, 0) is 17.7 Å². The summed E-state index contributed by atoms with van der Waals surface area (Å²) in [6.45, 7) is 3.83. The number of carbonyl (C=O) groups excluding carboxylic acids is 1. The molecule has 1 heterocycles. The molecule has 1 atom stereocenters. The van der Waals surface area contributed by atoms with E-state index < -0.39 is 17.9 Å². The van der Waals surface area contributed by atoms with Gasteiger partial charge in [-0.25, -0.2) is 4.98 Å². The topological polar surface area (TPSA) is 92.4 Å². The molecule has 6 heteroatoms. The van der Waals surface area contributed by atoms with Crippen molar-refractivity contribution in [3.63, 3.8) is 0 Å². The third-order valence-corrected chi connectivity index (χ3v) is 4.30. The van der Waals surface area contributed by atoms with Gasteiger partial charge in [0.15, 0.2) is 5.69 Å². The predicted molar refractivity (Wildman–Crippen MR) is 105 cm³/mol. The Morgan fingerprint density at radius 3 is 2.21 bits per heavy atom. The van der Waals surface area contributed by atoms with Crippen molar-refractivity contribution >= 4 is 11.9 Å². The molecule has 0 aliphatic rings. The van der Waals surface area contributed by atoms with Crippen LogP contribution in [0.5, 0.6) is 0 Å². The van der Waals surface area contributed by atoms with Gasteiger partial charge in [0.2, 0.25) is 5.89 Å². The van der Waals surface area contributed by atoms with Gasteiger partial charge < -0.3 is 14.8 Å².